The standard InChI is InChI=1S/C21H19BrClFN4O3/c1-2-30-7-8-31-19-11-17-14(10-18(19)28-20(29)5-6-22)21(26-12-25-17)27-13-3-4-16(24)15(23)9-13/h3-6,9-12H,2,7-8H2,1H3,(H,28,29)(H,25,26,27)/b6-5+. The molecule has 0 fully saturated rings. The van der Waals surface area contributed by atoms with E-state index < -0.39 is 5.82 Å². The molecule has 0 aliphatic carbocycles. The van der Waals surface area contributed by atoms with Crippen LogP contribution in [0.25, 0.3) is 10.9 Å². The van der Waals surface area contributed by atoms with Gasteiger partial charge in [0, 0.05) is 29.8 Å². The average Bonchev–Trinajstić information content (AvgIpc) is 2.74. The molecular formula is C21H19BrClFN4O3. The summed E-state index contributed by atoms with van der Waals surface area (Å²) in [6, 6.07) is 7.68. The Labute approximate surface area is 191 Å². The minimum atomic E-state index is -0.515. The number of rotatable bonds is 9. The van der Waals surface area contributed by atoms with E-state index in [4.69, 9.17) is 21.1 Å². The second-order valence-corrected chi connectivity index (χ2v) is 7.10. The Morgan fingerprint density at radius 3 is 2.84 bits per heavy atom. The molecule has 1 heterocycles. The quantitative estimate of drug-likeness (QED) is 0.296. The maximum absolute atomic E-state index is 13.5. The van der Waals surface area contributed by atoms with Crippen molar-refractivity contribution in [2.45, 2.75) is 6.92 Å². The van der Waals surface area contributed by atoms with Gasteiger partial charge < -0.3 is 20.1 Å². The molecule has 0 saturated heterocycles. The summed E-state index contributed by atoms with van der Waals surface area (Å²) in [6.07, 6.45) is 2.72. The van der Waals surface area contributed by atoms with Crippen LogP contribution in [-0.4, -0.2) is 35.7 Å². The van der Waals surface area contributed by atoms with Crippen molar-refractivity contribution >= 4 is 61.5 Å². The fraction of sp³-hybridized carbons (Fsp3) is 0.190. The SMILES string of the molecule is CCOCCOc1cc2ncnc(Nc3ccc(F)c(Cl)c3)c2cc1NC(=O)/C=C/Br. The van der Waals surface area contributed by atoms with Crippen LogP contribution in [0.2, 0.25) is 5.02 Å². The van der Waals surface area contributed by atoms with E-state index in [1.54, 1.807) is 18.2 Å². The van der Waals surface area contributed by atoms with Crippen molar-refractivity contribution in [2.24, 2.45) is 0 Å². The fourth-order valence-corrected chi connectivity index (χ4v) is 3.12. The minimum absolute atomic E-state index is 0.0112. The lowest BCUT2D eigenvalue weighted by Gasteiger charge is -2.15. The number of nitrogens with one attached hydrogen (secondary N) is 2. The maximum atomic E-state index is 13.5. The zero-order chi connectivity index (χ0) is 22.2. The Morgan fingerprint density at radius 2 is 2.10 bits per heavy atom. The van der Waals surface area contributed by atoms with Gasteiger partial charge in [-0.2, -0.15) is 0 Å². The third-order valence-electron chi connectivity index (χ3n) is 4.08. The van der Waals surface area contributed by atoms with Crippen LogP contribution in [0.15, 0.2) is 47.7 Å². The summed E-state index contributed by atoms with van der Waals surface area (Å²) in [4.78, 5) is 22.1. The molecule has 162 valence electrons. The van der Waals surface area contributed by atoms with Crippen molar-refractivity contribution in [3.63, 3.8) is 0 Å². The maximum Gasteiger partial charge on any atom is 0.248 e. The van der Waals surface area contributed by atoms with Crippen LogP contribution in [0.4, 0.5) is 21.6 Å². The van der Waals surface area contributed by atoms with E-state index in [-0.39, 0.29) is 10.9 Å². The van der Waals surface area contributed by atoms with Crippen LogP contribution < -0.4 is 15.4 Å². The molecule has 0 saturated carbocycles. The van der Waals surface area contributed by atoms with Gasteiger partial charge in [-0.3, -0.25) is 4.79 Å². The summed E-state index contributed by atoms with van der Waals surface area (Å²) in [5.41, 5.74) is 1.58. The molecule has 0 aliphatic heterocycles. The van der Waals surface area contributed by atoms with E-state index in [1.165, 1.54) is 29.5 Å². The Hall–Kier alpha value is -2.75. The van der Waals surface area contributed by atoms with Crippen molar-refractivity contribution < 1.29 is 18.7 Å². The number of hydrogen-bond acceptors (Lipinski definition) is 6. The van der Waals surface area contributed by atoms with Gasteiger partial charge in [0.2, 0.25) is 5.91 Å². The molecule has 31 heavy (non-hydrogen) atoms. The molecule has 0 radical (unpaired) electrons. The van der Waals surface area contributed by atoms with Gasteiger partial charge in [-0.05, 0) is 36.2 Å². The molecule has 0 bridgehead atoms. The third-order valence-corrected chi connectivity index (χ3v) is 4.63. The number of hydrogen-bond donors (Lipinski definition) is 2. The lowest BCUT2D eigenvalue weighted by atomic mass is 10.1. The first-order valence-corrected chi connectivity index (χ1v) is 10.6. The summed E-state index contributed by atoms with van der Waals surface area (Å²) < 4.78 is 24.6. The third kappa shape index (κ3) is 6.13. The highest BCUT2D eigenvalue weighted by Gasteiger charge is 2.13. The highest BCUT2D eigenvalue weighted by Crippen LogP contribution is 2.34. The molecule has 7 nitrogen and oxygen atoms in total. The van der Waals surface area contributed by atoms with Crippen molar-refractivity contribution in [1.29, 1.82) is 0 Å². The van der Waals surface area contributed by atoms with Crippen molar-refractivity contribution in [3.05, 3.63) is 58.6 Å². The highest BCUT2D eigenvalue weighted by molar-refractivity contribution is 9.11. The molecule has 0 aliphatic rings. The molecule has 0 atom stereocenters. The Bertz CT molecular complexity index is 1110. The lowest BCUT2D eigenvalue weighted by molar-refractivity contribution is -0.111. The van der Waals surface area contributed by atoms with Crippen molar-refractivity contribution in [2.75, 3.05) is 30.5 Å². The molecule has 2 aromatic carbocycles. The van der Waals surface area contributed by atoms with Crippen LogP contribution in [0.3, 0.4) is 0 Å². The molecule has 3 rings (SSSR count). The van der Waals surface area contributed by atoms with Crippen LogP contribution in [0.1, 0.15) is 6.92 Å². The van der Waals surface area contributed by atoms with Gasteiger partial charge in [0.25, 0.3) is 0 Å². The van der Waals surface area contributed by atoms with E-state index in [1.807, 2.05) is 6.92 Å². The molecular weight excluding hydrogens is 491 g/mol. The Kier molecular flexibility index (Phi) is 8.16. The van der Waals surface area contributed by atoms with Gasteiger partial charge in [0.15, 0.2) is 0 Å². The number of halogens is 3. The van der Waals surface area contributed by atoms with E-state index >= 15 is 0 Å². The summed E-state index contributed by atoms with van der Waals surface area (Å²) in [6.45, 7) is 3.19. The van der Waals surface area contributed by atoms with Gasteiger partial charge in [0.05, 0.1) is 22.8 Å². The van der Waals surface area contributed by atoms with Crippen LogP contribution >= 0.6 is 27.5 Å². The predicted molar refractivity (Wildman–Crippen MR) is 123 cm³/mol. The fourth-order valence-electron chi connectivity index (χ4n) is 2.70. The van der Waals surface area contributed by atoms with E-state index in [2.05, 4.69) is 36.5 Å². The predicted octanol–water partition coefficient (Wildman–Crippen LogP) is 5.43. The monoisotopic (exact) mass is 508 g/mol. The lowest BCUT2D eigenvalue weighted by Crippen LogP contribution is -2.12. The van der Waals surface area contributed by atoms with Gasteiger partial charge in [0.1, 0.15) is 30.3 Å². The molecule has 1 amide bonds. The summed E-state index contributed by atoms with van der Waals surface area (Å²) in [5, 5.41) is 6.49. The molecule has 2 N–H and O–H groups in total. The number of carbonyl (C=O) groups excluding carboxylic acids is 1. The second kappa shape index (κ2) is 11.0. The van der Waals surface area contributed by atoms with E-state index in [9.17, 15) is 9.18 Å². The number of ether oxygens (including phenoxy) is 2. The van der Waals surface area contributed by atoms with Crippen LogP contribution in [-0.2, 0) is 9.53 Å². The van der Waals surface area contributed by atoms with Crippen molar-refractivity contribution in [1.82, 2.24) is 9.97 Å². The highest BCUT2D eigenvalue weighted by atomic mass is 79.9. The number of fused-ring (bicyclic) bond motifs is 1. The number of aromatic nitrogens is 2. The first kappa shape index (κ1) is 22.9. The topological polar surface area (TPSA) is 85.4 Å². The number of amides is 1. The smallest absolute Gasteiger partial charge is 0.248 e. The van der Waals surface area contributed by atoms with Gasteiger partial charge in [-0.1, -0.05) is 27.5 Å². The molecule has 1 aromatic heterocycles. The Morgan fingerprint density at radius 1 is 1.26 bits per heavy atom. The van der Waals surface area contributed by atoms with Crippen LogP contribution in [0.5, 0.6) is 5.75 Å². The van der Waals surface area contributed by atoms with E-state index in [0.717, 1.165) is 0 Å². The zero-order valence-corrected chi connectivity index (χ0v) is 18.8. The number of carbonyl (C=O) groups is 1. The van der Waals surface area contributed by atoms with Gasteiger partial charge >= 0.3 is 0 Å². The Balaban J connectivity index is 1.98. The number of benzene rings is 2. The first-order chi connectivity index (χ1) is 15.0. The van der Waals surface area contributed by atoms with E-state index in [0.29, 0.717) is 53.7 Å². The largest absolute Gasteiger partial charge is 0.489 e. The van der Waals surface area contributed by atoms with Crippen LogP contribution in [0, 0.1) is 5.82 Å². The van der Waals surface area contributed by atoms with Crippen molar-refractivity contribution in [3.8, 4) is 5.75 Å². The summed E-state index contributed by atoms with van der Waals surface area (Å²) in [7, 11) is 0. The molecule has 0 unspecified atom stereocenters. The minimum Gasteiger partial charge on any atom is -0.489 e. The normalized spacial score (nSPS) is 11.1. The first-order valence-electron chi connectivity index (χ1n) is 9.31. The summed E-state index contributed by atoms with van der Waals surface area (Å²) >= 11 is 8.95. The van der Waals surface area contributed by atoms with Gasteiger partial charge in [-0.25, -0.2) is 14.4 Å². The molecule has 3 aromatic rings. The molecule has 10 heteroatoms. The summed E-state index contributed by atoms with van der Waals surface area (Å²) in [5.74, 6) is 0.0408. The number of anilines is 3. The second-order valence-electron chi connectivity index (χ2n) is 6.17. The molecule has 0 spiro atoms. The zero-order valence-electron chi connectivity index (χ0n) is 16.5. The average molecular weight is 510 g/mol. The van der Waals surface area contributed by atoms with Gasteiger partial charge in [-0.15, -0.1) is 0 Å². The number of nitrogens with zero attached hydrogens (tertiary/aromatic N) is 2.